The summed E-state index contributed by atoms with van der Waals surface area (Å²) in [6, 6.07) is 24.6. The normalized spacial score (nSPS) is 11.0. The Balaban J connectivity index is 1.50. The second-order valence-electron chi connectivity index (χ2n) is 8.65. The minimum atomic E-state index is -0.223. The lowest BCUT2D eigenvalue weighted by atomic mass is 10.1. The molecule has 0 unspecified atom stereocenters. The van der Waals surface area contributed by atoms with Gasteiger partial charge in [-0.2, -0.15) is 5.10 Å². The van der Waals surface area contributed by atoms with E-state index in [4.69, 9.17) is 9.84 Å². The predicted octanol–water partition coefficient (Wildman–Crippen LogP) is 4.51. The number of aromatic nitrogens is 4. The number of nitrogens with one attached hydrogen (secondary N) is 1. The molecule has 0 saturated heterocycles. The first kappa shape index (κ1) is 24.0. The van der Waals surface area contributed by atoms with Crippen molar-refractivity contribution in [2.45, 2.75) is 20.0 Å². The number of hydrogen-bond donors (Lipinski definition) is 1. The molecule has 1 N–H and O–H groups in total. The zero-order valence-corrected chi connectivity index (χ0v) is 20.7. The number of carbonyl (C=O) groups excluding carboxylic acids is 1. The highest BCUT2D eigenvalue weighted by molar-refractivity contribution is 5.99. The van der Waals surface area contributed by atoms with Gasteiger partial charge in [-0.05, 0) is 48.9 Å². The van der Waals surface area contributed by atoms with Crippen LogP contribution in [0.5, 0.6) is 5.75 Å². The van der Waals surface area contributed by atoms with Crippen LogP contribution in [0.4, 0.5) is 0 Å². The number of rotatable bonds is 8. The van der Waals surface area contributed by atoms with Gasteiger partial charge in [0.1, 0.15) is 17.3 Å². The fourth-order valence-electron chi connectivity index (χ4n) is 4.28. The first-order chi connectivity index (χ1) is 18.1. The summed E-state index contributed by atoms with van der Waals surface area (Å²) in [5.41, 5.74) is 3.32. The maximum absolute atomic E-state index is 13.8. The SMILES string of the molecule is CCN(Cc1nc2ccccc2c(=O)[nH]1)C(=O)c1cn(Cc2ccccc2)nc1-c1ccc(OC)cc1. The van der Waals surface area contributed by atoms with Crippen molar-refractivity contribution in [2.24, 2.45) is 0 Å². The number of amides is 1. The lowest BCUT2D eigenvalue weighted by Gasteiger charge is -2.20. The van der Waals surface area contributed by atoms with Gasteiger partial charge in [0.25, 0.3) is 11.5 Å². The predicted molar refractivity (Wildman–Crippen MR) is 143 cm³/mol. The van der Waals surface area contributed by atoms with Crippen molar-refractivity contribution in [1.82, 2.24) is 24.6 Å². The molecule has 1 amide bonds. The van der Waals surface area contributed by atoms with E-state index in [2.05, 4.69) is 9.97 Å². The van der Waals surface area contributed by atoms with Crippen molar-refractivity contribution >= 4 is 16.8 Å². The van der Waals surface area contributed by atoms with Crippen molar-refractivity contribution < 1.29 is 9.53 Å². The van der Waals surface area contributed by atoms with E-state index < -0.39 is 0 Å². The first-order valence-electron chi connectivity index (χ1n) is 12.1. The van der Waals surface area contributed by atoms with Gasteiger partial charge in [-0.15, -0.1) is 0 Å². The third-order valence-corrected chi connectivity index (χ3v) is 6.21. The van der Waals surface area contributed by atoms with Gasteiger partial charge in [0.15, 0.2) is 0 Å². The molecule has 8 heteroatoms. The van der Waals surface area contributed by atoms with Gasteiger partial charge in [0.2, 0.25) is 0 Å². The lowest BCUT2D eigenvalue weighted by Crippen LogP contribution is -2.32. The summed E-state index contributed by atoms with van der Waals surface area (Å²) in [7, 11) is 1.61. The van der Waals surface area contributed by atoms with E-state index in [1.807, 2.05) is 67.6 Å². The van der Waals surface area contributed by atoms with Gasteiger partial charge >= 0.3 is 0 Å². The van der Waals surface area contributed by atoms with E-state index in [9.17, 15) is 9.59 Å². The van der Waals surface area contributed by atoms with E-state index in [1.165, 1.54) is 0 Å². The van der Waals surface area contributed by atoms with Gasteiger partial charge < -0.3 is 14.6 Å². The van der Waals surface area contributed by atoms with Crippen LogP contribution in [0.15, 0.2) is 89.9 Å². The molecule has 0 saturated carbocycles. The van der Waals surface area contributed by atoms with Gasteiger partial charge in [-0.1, -0.05) is 42.5 Å². The Bertz CT molecular complexity index is 1590. The van der Waals surface area contributed by atoms with Crippen molar-refractivity contribution in [2.75, 3.05) is 13.7 Å². The number of carbonyl (C=O) groups is 1. The first-order valence-corrected chi connectivity index (χ1v) is 12.1. The molecule has 8 nitrogen and oxygen atoms in total. The second kappa shape index (κ2) is 10.5. The third kappa shape index (κ3) is 5.13. The van der Waals surface area contributed by atoms with E-state index in [0.717, 1.165) is 16.9 Å². The van der Waals surface area contributed by atoms with Crippen molar-refractivity contribution in [3.63, 3.8) is 0 Å². The van der Waals surface area contributed by atoms with Crippen LogP contribution in [-0.4, -0.2) is 44.2 Å². The van der Waals surface area contributed by atoms with Crippen LogP contribution in [0.2, 0.25) is 0 Å². The Morgan fingerprint density at radius 2 is 1.73 bits per heavy atom. The molecule has 0 aliphatic carbocycles. The molecule has 2 heterocycles. The zero-order valence-electron chi connectivity index (χ0n) is 20.7. The van der Waals surface area contributed by atoms with Crippen molar-refractivity contribution in [3.05, 3.63) is 112 Å². The summed E-state index contributed by atoms with van der Waals surface area (Å²) in [4.78, 5) is 35.5. The molecule has 0 bridgehead atoms. The fraction of sp³-hybridized carbons (Fsp3) is 0.172. The highest BCUT2D eigenvalue weighted by Crippen LogP contribution is 2.26. The summed E-state index contributed by atoms with van der Waals surface area (Å²) >= 11 is 0. The van der Waals surface area contributed by atoms with Gasteiger partial charge in [0.05, 0.1) is 36.7 Å². The Kier molecular flexibility index (Phi) is 6.81. The topological polar surface area (TPSA) is 93.1 Å². The molecular weight excluding hydrogens is 466 g/mol. The van der Waals surface area contributed by atoms with Crippen LogP contribution < -0.4 is 10.3 Å². The molecule has 0 radical (unpaired) electrons. The summed E-state index contributed by atoms with van der Waals surface area (Å²) in [6.07, 6.45) is 1.79. The highest BCUT2D eigenvalue weighted by Gasteiger charge is 2.23. The molecule has 186 valence electrons. The highest BCUT2D eigenvalue weighted by atomic mass is 16.5. The molecule has 3 aromatic carbocycles. The minimum Gasteiger partial charge on any atom is -0.497 e. The number of H-pyrrole nitrogens is 1. The lowest BCUT2D eigenvalue weighted by molar-refractivity contribution is 0.0749. The van der Waals surface area contributed by atoms with Crippen LogP contribution in [0.25, 0.3) is 22.2 Å². The fourth-order valence-corrected chi connectivity index (χ4v) is 4.28. The van der Waals surface area contributed by atoms with E-state index >= 15 is 0 Å². The van der Waals surface area contributed by atoms with Crippen LogP contribution in [0.3, 0.4) is 0 Å². The molecule has 37 heavy (non-hydrogen) atoms. The Labute approximate surface area is 214 Å². The van der Waals surface area contributed by atoms with Crippen LogP contribution in [0, 0.1) is 0 Å². The number of ether oxygens (including phenoxy) is 1. The largest absolute Gasteiger partial charge is 0.497 e. The Hall–Kier alpha value is -4.72. The molecule has 0 aliphatic heterocycles. The van der Waals surface area contributed by atoms with Crippen molar-refractivity contribution in [1.29, 1.82) is 0 Å². The Morgan fingerprint density at radius 1 is 1.00 bits per heavy atom. The Morgan fingerprint density at radius 3 is 2.46 bits per heavy atom. The summed E-state index contributed by atoms with van der Waals surface area (Å²) < 4.78 is 7.08. The molecule has 0 aliphatic rings. The number of hydrogen-bond acceptors (Lipinski definition) is 5. The maximum Gasteiger partial charge on any atom is 0.258 e. The smallest absolute Gasteiger partial charge is 0.258 e. The maximum atomic E-state index is 13.8. The molecule has 5 aromatic rings. The number of aromatic amines is 1. The van der Waals surface area contributed by atoms with E-state index in [-0.39, 0.29) is 18.0 Å². The standard InChI is InChI=1S/C29H27N5O3/c1-3-33(19-26-30-25-12-8-7-11-23(25)28(35)31-26)29(36)24-18-34(17-20-9-5-4-6-10-20)32-27(24)21-13-15-22(37-2)16-14-21/h4-16,18H,3,17,19H2,1-2H3,(H,30,31,35). The number of nitrogens with zero attached hydrogens (tertiary/aromatic N) is 4. The van der Waals surface area contributed by atoms with Gasteiger partial charge in [0, 0.05) is 18.3 Å². The van der Waals surface area contributed by atoms with Crippen LogP contribution in [0.1, 0.15) is 28.7 Å². The van der Waals surface area contributed by atoms with Gasteiger partial charge in [-0.3, -0.25) is 14.3 Å². The average Bonchev–Trinajstić information content (AvgIpc) is 3.35. The number of benzene rings is 3. The number of methoxy groups -OCH3 is 1. The average molecular weight is 494 g/mol. The third-order valence-electron chi connectivity index (χ3n) is 6.21. The molecule has 2 aromatic heterocycles. The quantitative estimate of drug-likeness (QED) is 0.343. The van der Waals surface area contributed by atoms with Crippen molar-refractivity contribution in [3.8, 4) is 17.0 Å². The van der Waals surface area contributed by atoms with Crippen LogP contribution in [-0.2, 0) is 13.1 Å². The number of fused-ring (bicyclic) bond motifs is 1. The summed E-state index contributed by atoms with van der Waals surface area (Å²) in [6.45, 7) is 3.03. The van der Waals surface area contributed by atoms with Gasteiger partial charge in [-0.25, -0.2) is 4.98 Å². The second-order valence-corrected chi connectivity index (χ2v) is 8.65. The summed E-state index contributed by atoms with van der Waals surface area (Å²) in [5, 5.41) is 5.30. The van der Waals surface area contributed by atoms with Crippen LogP contribution >= 0.6 is 0 Å². The molecule has 5 rings (SSSR count). The van der Waals surface area contributed by atoms with E-state index in [0.29, 0.717) is 41.1 Å². The molecule has 0 atom stereocenters. The minimum absolute atomic E-state index is 0.168. The molecule has 0 fully saturated rings. The summed E-state index contributed by atoms with van der Waals surface area (Å²) in [5.74, 6) is 0.965. The monoisotopic (exact) mass is 493 g/mol. The molecular formula is C29H27N5O3. The number of para-hydroxylation sites is 1. The zero-order chi connectivity index (χ0) is 25.8. The molecule has 0 spiro atoms. The van der Waals surface area contributed by atoms with E-state index in [1.54, 1.807) is 41.1 Å².